The fraction of sp³-hybridized carbons (Fsp3) is 0.300. The molecular formula is C10H11NO4. The predicted octanol–water partition coefficient (Wildman–Crippen LogP) is 2.03. The van der Waals surface area contributed by atoms with E-state index in [0.29, 0.717) is 11.4 Å². The van der Waals surface area contributed by atoms with E-state index in [9.17, 15) is 9.70 Å². The van der Waals surface area contributed by atoms with Crippen molar-refractivity contribution in [3.8, 4) is 5.75 Å². The van der Waals surface area contributed by atoms with Crippen LogP contribution in [0.2, 0.25) is 0 Å². The third-order valence-corrected chi connectivity index (χ3v) is 1.74. The summed E-state index contributed by atoms with van der Waals surface area (Å²) in [4.78, 5) is 20.9. The van der Waals surface area contributed by atoms with Crippen molar-refractivity contribution in [2.75, 3.05) is 13.7 Å². The van der Waals surface area contributed by atoms with Gasteiger partial charge in [-0.1, -0.05) is 0 Å². The topological polar surface area (TPSA) is 65.0 Å². The molecule has 15 heavy (non-hydrogen) atoms. The largest absolute Gasteiger partial charge is 0.493 e. The number of carbonyl (C=O) groups excluding carboxylic acids is 1. The van der Waals surface area contributed by atoms with Crippen molar-refractivity contribution in [2.45, 2.75) is 6.42 Å². The Morgan fingerprint density at radius 2 is 2.00 bits per heavy atom. The molecule has 1 aromatic carbocycles. The summed E-state index contributed by atoms with van der Waals surface area (Å²) in [6.45, 7) is 0.251. The quantitative estimate of drug-likeness (QED) is 0.549. The predicted molar refractivity (Wildman–Crippen MR) is 54.0 cm³/mol. The highest BCUT2D eigenvalue weighted by Crippen LogP contribution is 2.17. The molecule has 0 radical (unpaired) electrons. The van der Waals surface area contributed by atoms with E-state index in [2.05, 4.69) is 9.91 Å². The number of carbonyl (C=O) groups is 1. The Kier molecular flexibility index (Phi) is 4.28. The SMILES string of the molecule is COC(=O)CCOc1ccc(N=O)cc1. The molecule has 0 aliphatic carbocycles. The summed E-state index contributed by atoms with van der Waals surface area (Å²) in [6, 6.07) is 6.32. The molecule has 1 rings (SSSR count). The van der Waals surface area contributed by atoms with E-state index >= 15 is 0 Å². The lowest BCUT2D eigenvalue weighted by Gasteiger charge is -2.04. The van der Waals surface area contributed by atoms with Crippen molar-refractivity contribution in [2.24, 2.45) is 5.18 Å². The molecule has 5 heteroatoms. The highest BCUT2D eigenvalue weighted by molar-refractivity contribution is 5.69. The maximum absolute atomic E-state index is 10.7. The average molecular weight is 209 g/mol. The maximum Gasteiger partial charge on any atom is 0.308 e. The molecule has 0 aromatic heterocycles. The number of hydrogen-bond acceptors (Lipinski definition) is 5. The zero-order valence-electron chi connectivity index (χ0n) is 8.30. The second-order valence-corrected chi connectivity index (χ2v) is 2.76. The molecule has 0 amide bonds. The Labute approximate surface area is 87.0 Å². The second-order valence-electron chi connectivity index (χ2n) is 2.76. The van der Waals surface area contributed by atoms with Gasteiger partial charge in [0, 0.05) is 0 Å². The monoisotopic (exact) mass is 209 g/mol. The number of nitrogens with zero attached hydrogens (tertiary/aromatic N) is 1. The van der Waals surface area contributed by atoms with Crippen LogP contribution in [0.4, 0.5) is 5.69 Å². The lowest BCUT2D eigenvalue weighted by molar-refractivity contribution is -0.141. The van der Waals surface area contributed by atoms with Crippen molar-refractivity contribution >= 4 is 11.7 Å². The van der Waals surface area contributed by atoms with Crippen LogP contribution in [-0.4, -0.2) is 19.7 Å². The van der Waals surface area contributed by atoms with E-state index in [0.717, 1.165) is 0 Å². The number of hydrogen-bond donors (Lipinski definition) is 0. The lowest BCUT2D eigenvalue weighted by atomic mass is 10.3. The van der Waals surface area contributed by atoms with Gasteiger partial charge in [0.15, 0.2) is 0 Å². The minimum atomic E-state index is -0.318. The zero-order valence-corrected chi connectivity index (χ0v) is 8.30. The molecule has 5 nitrogen and oxygen atoms in total. The molecule has 0 saturated carbocycles. The normalized spacial score (nSPS) is 9.40. The molecule has 0 saturated heterocycles. The number of rotatable bonds is 5. The second kappa shape index (κ2) is 5.74. The van der Waals surface area contributed by atoms with Crippen LogP contribution in [0.15, 0.2) is 29.4 Å². The summed E-state index contributed by atoms with van der Waals surface area (Å²) in [5.74, 6) is 0.271. The van der Waals surface area contributed by atoms with Gasteiger partial charge in [0.25, 0.3) is 0 Å². The summed E-state index contributed by atoms with van der Waals surface area (Å²) in [5, 5.41) is 2.75. The molecule has 0 N–H and O–H groups in total. The number of esters is 1. The van der Waals surface area contributed by atoms with Crippen LogP contribution in [0.3, 0.4) is 0 Å². The average Bonchev–Trinajstić information content (AvgIpc) is 2.29. The van der Waals surface area contributed by atoms with Gasteiger partial charge in [-0.3, -0.25) is 4.79 Å². The van der Waals surface area contributed by atoms with Gasteiger partial charge in [-0.15, -0.1) is 4.91 Å². The van der Waals surface area contributed by atoms with E-state index in [-0.39, 0.29) is 19.0 Å². The van der Waals surface area contributed by atoms with E-state index < -0.39 is 0 Å². The highest BCUT2D eigenvalue weighted by Gasteiger charge is 2.00. The summed E-state index contributed by atoms with van der Waals surface area (Å²) in [6.07, 6.45) is 0.199. The molecule has 0 heterocycles. The van der Waals surface area contributed by atoms with Crippen LogP contribution in [0.25, 0.3) is 0 Å². The van der Waals surface area contributed by atoms with Crippen molar-refractivity contribution in [3.05, 3.63) is 29.2 Å². The van der Waals surface area contributed by atoms with Crippen LogP contribution in [-0.2, 0) is 9.53 Å². The number of benzene rings is 1. The summed E-state index contributed by atoms with van der Waals surface area (Å²) in [7, 11) is 1.33. The fourth-order valence-electron chi connectivity index (χ4n) is 0.957. The number of nitroso groups, excluding NO2 is 1. The Bertz CT molecular complexity index is 334. The Morgan fingerprint density at radius 1 is 1.33 bits per heavy atom. The number of methoxy groups -OCH3 is 1. The van der Waals surface area contributed by atoms with Crippen LogP contribution in [0, 0.1) is 4.91 Å². The van der Waals surface area contributed by atoms with Crippen molar-refractivity contribution < 1.29 is 14.3 Å². The first-order chi connectivity index (χ1) is 7.26. The van der Waals surface area contributed by atoms with E-state index in [1.807, 2.05) is 0 Å². The smallest absolute Gasteiger partial charge is 0.308 e. The Balaban J connectivity index is 2.37. The minimum Gasteiger partial charge on any atom is -0.493 e. The van der Waals surface area contributed by atoms with Gasteiger partial charge in [-0.05, 0) is 29.4 Å². The fourth-order valence-corrected chi connectivity index (χ4v) is 0.957. The summed E-state index contributed by atoms with van der Waals surface area (Å²) < 4.78 is 9.68. The summed E-state index contributed by atoms with van der Waals surface area (Å²) >= 11 is 0. The van der Waals surface area contributed by atoms with Gasteiger partial charge < -0.3 is 9.47 Å². The highest BCUT2D eigenvalue weighted by atomic mass is 16.5. The van der Waals surface area contributed by atoms with Gasteiger partial charge in [-0.25, -0.2) is 0 Å². The molecule has 0 aliphatic heterocycles. The molecule has 0 unspecified atom stereocenters. The first-order valence-electron chi connectivity index (χ1n) is 4.39. The van der Waals surface area contributed by atoms with E-state index in [1.165, 1.54) is 7.11 Å². The van der Waals surface area contributed by atoms with E-state index in [1.54, 1.807) is 24.3 Å². The van der Waals surface area contributed by atoms with Crippen molar-refractivity contribution in [3.63, 3.8) is 0 Å². The number of ether oxygens (including phenoxy) is 2. The standard InChI is InChI=1S/C10H11NO4/c1-14-10(12)6-7-15-9-4-2-8(11-13)3-5-9/h2-5H,6-7H2,1H3. The Morgan fingerprint density at radius 3 is 2.53 bits per heavy atom. The van der Waals surface area contributed by atoms with Gasteiger partial charge >= 0.3 is 5.97 Å². The van der Waals surface area contributed by atoms with Crippen molar-refractivity contribution in [1.82, 2.24) is 0 Å². The lowest BCUT2D eigenvalue weighted by Crippen LogP contribution is -2.07. The van der Waals surface area contributed by atoms with Crippen LogP contribution in [0.1, 0.15) is 6.42 Å². The van der Waals surface area contributed by atoms with E-state index in [4.69, 9.17) is 4.74 Å². The first kappa shape index (κ1) is 11.2. The van der Waals surface area contributed by atoms with Crippen LogP contribution >= 0.6 is 0 Å². The molecule has 0 fully saturated rings. The minimum absolute atomic E-state index is 0.199. The third-order valence-electron chi connectivity index (χ3n) is 1.74. The van der Waals surface area contributed by atoms with Gasteiger partial charge in [0.05, 0.1) is 20.1 Å². The molecule has 0 spiro atoms. The van der Waals surface area contributed by atoms with Crippen molar-refractivity contribution in [1.29, 1.82) is 0 Å². The van der Waals surface area contributed by atoms with Crippen LogP contribution in [0.5, 0.6) is 5.75 Å². The molecule has 0 atom stereocenters. The Hall–Kier alpha value is -1.91. The molecule has 0 aliphatic rings. The zero-order chi connectivity index (χ0) is 11.1. The third kappa shape index (κ3) is 3.76. The maximum atomic E-state index is 10.7. The van der Waals surface area contributed by atoms with Gasteiger partial charge in [0.1, 0.15) is 11.4 Å². The molecule has 0 bridgehead atoms. The summed E-state index contributed by atoms with van der Waals surface area (Å²) in [5.41, 5.74) is 0.343. The first-order valence-corrected chi connectivity index (χ1v) is 4.39. The molecular weight excluding hydrogens is 198 g/mol. The van der Waals surface area contributed by atoms with Gasteiger partial charge in [-0.2, -0.15) is 0 Å². The van der Waals surface area contributed by atoms with Crippen LogP contribution < -0.4 is 4.74 Å². The van der Waals surface area contributed by atoms with Gasteiger partial charge in [0.2, 0.25) is 0 Å². The molecule has 1 aromatic rings. The molecule has 80 valence electrons.